The van der Waals surface area contributed by atoms with E-state index in [9.17, 15) is 34.3 Å². The van der Waals surface area contributed by atoms with Crippen LogP contribution >= 0.6 is 0 Å². The summed E-state index contributed by atoms with van der Waals surface area (Å²) in [4.78, 5) is 73.7. The Balaban J connectivity index is 2.65. The van der Waals surface area contributed by atoms with Gasteiger partial charge in [0.15, 0.2) is 30.7 Å². The maximum atomic E-state index is 15.1. The molecule has 19 heteroatoms. The van der Waals surface area contributed by atoms with Crippen molar-refractivity contribution in [2.24, 2.45) is 5.11 Å². The fourth-order valence-electron chi connectivity index (χ4n) is 4.34. The number of hydrogen-bond donors (Lipinski definition) is 0. The summed E-state index contributed by atoms with van der Waals surface area (Å²) >= 11 is 0. The molecule has 0 aromatic carbocycles. The number of esters is 6. The predicted octanol–water partition coefficient (Wildman–Crippen LogP) is 0.323. The van der Waals surface area contributed by atoms with E-state index in [0.717, 1.165) is 41.5 Å². The van der Waals surface area contributed by atoms with Gasteiger partial charge in [0.05, 0.1) is 0 Å². The van der Waals surface area contributed by atoms with Crippen molar-refractivity contribution >= 4 is 35.8 Å². The predicted molar refractivity (Wildman–Crippen MR) is 132 cm³/mol. The maximum absolute atomic E-state index is 15.1. The molecule has 0 N–H and O–H groups in total. The Bertz CT molecular complexity index is 1120. The van der Waals surface area contributed by atoms with E-state index in [4.69, 9.17) is 42.6 Å². The van der Waals surface area contributed by atoms with E-state index >= 15 is 4.39 Å². The van der Waals surface area contributed by atoms with Crippen LogP contribution < -0.4 is 0 Å². The van der Waals surface area contributed by atoms with Gasteiger partial charge < -0.3 is 42.6 Å². The van der Waals surface area contributed by atoms with Gasteiger partial charge in [0, 0.05) is 46.5 Å². The van der Waals surface area contributed by atoms with Crippen LogP contribution in [0.25, 0.3) is 10.4 Å². The van der Waals surface area contributed by atoms with Crippen molar-refractivity contribution in [2.75, 3.05) is 13.2 Å². The standard InChI is InChI=1S/C24H32FN3O15/c1-9(29)35-7-15-17(27-28-26)19(37-11(3)31)22(40-14(6)34)24(42-15)43-18-16(8-36-10(2)30)41-23(25)21(39-13(5)33)20(18)38-12(4)32/h15-24H,7-8H2,1-6H3/t15?,16?,17-,18-,19+,20+,21?,22?,23+,24-/m1/s1. The highest BCUT2D eigenvalue weighted by atomic mass is 19.1. The molecular formula is C24H32FN3O15. The molecule has 2 heterocycles. The minimum Gasteiger partial charge on any atom is -0.463 e. The first kappa shape index (κ1) is 35.1. The topological polar surface area (TPSA) is 234 Å². The third-order valence-electron chi connectivity index (χ3n) is 5.78. The summed E-state index contributed by atoms with van der Waals surface area (Å²) < 4.78 is 63.1. The molecule has 240 valence electrons. The van der Waals surface area contributed by atoms with Crippen LogP contribution in [0.1, 0.15) is 41.5 Å². The summed E-state index contributed by atoms with van der Waals surface area (Å²) in [6.07, 6.45) is -15.8. The second kappa shape index (κ2) is 16.0. The zero-order valence-corrected chi connectivity index (χ0v) is 24.0. The smallest absolute Gasteiger partial charge is 0.303 e. The van der Waals surface area contributed by atoms with Gasteiger partial charge in [-0.15, -0.1) is 0 Å². The first-order valence-electron chi connectivity index (χ1n) is 12.7. The zero-order valence-electron chi connectivity index (χ0n) is 24.0. The van der Waals surface area contributed by atoms with Crippen LogP contribution in [-0.4, -0.2) is 110 Å². The van der Waals surface area contributed by atoms with E-state index in [1.165, 1.54) is 0 Å². The van der Waals surface area contributed by atoms with Crippen LogP contribution in [0, 0.1) is 0 Å². The molecule has 0 spiro atoms. The quantitative estimate of drug-likeness (QED) is 0.0993. The van der Waals surface area contributed by atoms with Crippen LogP contribution in [0.5, 0.6) is 0 Å². The van der Waals surface area contributed by atoms with E-state index in [2.05, 4.69) is 10.0 Å². The zero-order chi connectivity index (χ0) is 32.4. The highest BCUT2D eigenvalue weighted by Gasteiger charge is 2.56. The van der Waals surface area contributed by atoms with Crippen molar-refractivity contribution in [1.29, 1.82) is 0 Å². The minimum absolute atomic E-state index is 0.572. The minimum atomic E-state index is -2.40. The van der Waals surface area contributed by atoms with Gasteiger partial charge in [0.1, 0.15) is 37.6 Å². The molecule has 18 nitrogen and oxygen atoms in total. The fourth-order valence-corrected chi connectivity index (χ4v) is 4.34. The number of hydrogen-bond acceptors (Lipinski definition) is 16. The van der Waals surface area contributed by atoms with Crippen LogP contribution in [0.2, 0.25) is 0 Å². The molecule has 43 heavy (non-hydrogen) atoms. The normalized spacial score (nSPS) is 31.8. The number of azide groups is 1. The van der Waals surface area contributed by atoms with Gasteiger partial charge >= 0.3 is 35.8 Å². The Morgan fingerprint density at radius 3 is 1.60 bits per heavy atom. The number of carbonyl (C=O) groups excluding carboxylic acids is 6. The maximum Gasteiger partial charge on any atom is 0.303 e. The molecular weight excluding hydrogens is 589 g/mol. The number of carbonyl (C=O) groups is 6. The molecule has 10 atom stereocenters. The fraction of sp³-hybridized carbons (Fsp3) is 0.750. The molecule has 2 aliphatic heterocycles. The Morgan fingerprint density at radius 2 is 1.12 bits per heavy atom. The van der Waals surface area contributed by atoms with Crippen LogP contribution in [0.15, 0.2) is 5.11 Å². The summed E-state index contributed by atoms with van der Waals surface area (Å²) in [5.41, 5.74) is 9.18. The number of alkyl halides is 1. The molecule has 0 amide bonds. The molecule has 2 aliphatic rings. The van der Waals surface area contributed by atoms with Gasteiger partial charge in [-0.2, -0.15) is 0 Å². The van der Waals surface area contributed by atoms with Gasteiger partial charge in [-0.3, -0.25) is 28.8 Å². The summed E-state index contributed by atoms with van der Waals surface area (Å²) in [5.74, 6) is -5.36. The van der Waals surface area contributed by atoms with Crippen molar-refractivity contribution in [3.05, 3.63) is 10.4 Å². The average molecular weight is 622 g/mol. The lowest BCUT2D eigenvalue weighted by molar-refractivity contribution is -0.341. The van der Waals surface area contributed by atoms with Gasteiger partial charge in [-0.1, -0.05) is 5.11 Å². The molecule has 4 unspecified atom stereocenters. The van der Waals surface area contributed by atoms with E-state index in [1.54, 1.807) is 0 Å². The highest BCUT2D eigenvalue weighted by molar-refractivity contribution is 5.68. The van der Waals surface area contributed by atoms with Crippen LogP contribution in [0.4, 0.5) is 4.39 Å². The third kappa shape index (κ3) is 10.3. The highest BCUT2D eigenvalue weighted by Crippen LogP contribution is 2.35. The molecule has 2 rings (SSSR count). The SMILES string of the molecule is CC(=O)OCC1O[C@H](O[C@@H]2C(COC(C)=O)O[C@H](F)C(OC(C)=O)[C@H]2OC(C)=O)C(OC(C)=O)[C@@H](OC(C)=O)[C@@H]1N=[N+]=[N-]. The Kier molecular flexibility index (Phi) is 13.0. The third-order valence-corrected chi connectivity index (χ3v) is 5.78. The average Bonchev–Trinajstić information content (AvgIpc) is 2.87. The summed E-state index contributed by atoms with van der Waals surface area (Å²) in [7, 11) is 0. The molecule has 0 saturated carbocycles. The molecule has 0 radical (unpaired) electrons. The summed E-state index contributed by atoms with van der Waals surface area (Å²) in [6, 6.07) is -1.44. The van der Waals surface area contributed by atoms with Crippen molar-refractivity contribution in [3.8, 4) is 0 Å². The number of rotatable bonds is 11. The lowest BCUT2D eigenvalue weighted by Crippen LogP contribution is -2.66. The lowest BCUT2D eigenvalue weighted by Gasteiger charge is -2.47. The van der Waals surface area contributed by atoms with Crippen LogP contribution in [0.3, 0.4) is 0 Å². The lowest BCUT2D eigenvalue weighted by atomic mass is 9.95. The summed E-state index contributed by atoms with van der Waals surface area (Å²) in [6.45, 7) is 4.83. The molecule has 2 fully saturated rings. The first-order chi connectivity index (χ1) is 20.1. The van der Waals surface area contributed by atoms with E-state index in [0.29, 0.717) is 0 Å². The Morgan fingerprint density at radius 1 is 0.651 bits per heavy atom. The second-order valence-corrected chi connectivity index (χ2v) is 9.27. The Hall–Kier alpha value is -4.06. The molecule has 0 bridgehead atoms. The number of halogens is 1. The summed E-state index contributed by atoms with van der Waals surface area (Å²) in [5, 5.41) is 3.57. The largest absolute Gasteiger partial charge is 0.463 e. The van der Waals surface area contributed by atoms with Gasteiger partial charge in [0.2, 0.25) is 6.36 Å². The van der Waals surface area contributed by atoms with Crippen LogP contribution in [-0.2, 0) is 71.4 Å². The van der Waals surface area contributed by atoms with E-state index < -0.39 is 110 Å². The van der Waals surface area contributed by atoms with Crippen molar-refractivity contribution in [3.63, 3.8) is 0 Å². The molecule has 2 saturated heterocycles. The molecule has 0 aromatic rings. The molecule has 0 aliphatic carbocycles. The van der Waals surface area contributed by atoms with Gasteiger partial charge in [-0.05, 0) is 5.53 Å². The van der Waals surface area contributed by atoms with Crippen molar-refractivity contribution < 1.29 is 75.8 Å². The van der Waals surface area contributed by atoms with E-state index in [-0.39, 0.29) is 0 Å². The van der Waals surface area contributed by atoms with Crippen molar-refractivity contribution in [1.82, 2.24) is 0 Å². The van der Waals surface area contributed by atoms with Gasteiger partial charge in [0.25, 0.3) is 0 Å². The monoisotopic (exact) mass is 621 g/mol. The first-order valence-corrected chi connectivity index (χ1v) is 12.7. The van der Waals surface area contributed by atoms with E-state index in [1.807, 2.05) is 0 Å². The Labute approximate surface area is 243 Å². The number of nitrogens with zero attached hydrogens (tertiary/aromatic N) is 3. The second-order valence-electron chi connectivity index (χ2n) is 9.27. The van der Waals surface area contributed by atoms with Crippen molar-refractivity contribution in [2.45, 2.75) is 103 Å². The number of ether oxygens (including phenoxy) is 9. The molecule has 0 aromatic heterocycles. The van der Waals surface area contributed by atoms with Gasteiger partial charge in [-0.25, -0.2) is 4.39 Å².